The molecule has 1 aromatic carbocycles. The Morgan fingerprint density at radius 2 is 2.04 bits per heavy atom. The van der Waals surface area contributed by atoms with Crippen LogP contribution in [-0.4, -0.2) is 37.1 Å². The minimum absolute atomic E-state index is 0.838. The first-order valence-corrected chi connectivity index (χ1v) is 9.17. The third kappa shape index (κ3) is 4.72. The number of benzene rings is 1. The van der Waals surface area contributed by atoms with Gasteiger partial charge < -0.3 is 15.5 Å². The van der Waals surface area contributed by atoms with Crippen LogP contribution in [0.15, 0.2) is 53.7 Å². The predicted molar refractivity (Wildman–Crippen MR) is 105 cm³/mol. The third-order valence-corrected chi connectivity index (χ3v) is 4.30. The Kier molecular flexibility index (Phi) is 6.26. The Balaban J connectivity index is 1.48. The van der Waals surface area contributed by atoms with Crippen molar-refractivity contribution in [2.75, 3.05) is 36.4 Å². The zero-order valence-electron chi connectivity index (χ0n) is 14.9. The highest BCUT2D eigenvalue weighted by atomic mass is 15.3. The molecule has 0 spiro atoms. The molecule has 1 aromatic heterocycles. The van der Waals surface area contributed by atoms with Crippen molar-refractivity contribution < 1.29 is 0 Å². The van der Waals surface area contributed by atoms with Gasteiger partial charge in [0.05, 0.1) is 0 Å². The Labute approximate surface area is 150 Å². The van der Waals surface area contributed by atoms with Crippen LogP contribution in [0.2, 0.25) is 0 Å². The third-order valence-electron chi connectivity index (χ3n) is 4.30. The molecular formula is C20H27N5. The zero-order valence-corrected chi connectivity index (χ0v) is 14.9. The molecule has 0 aliphatic carbocycles. The summed E-state index contributed by atoms with van der Waals surface area (Å²) in [5.41, 5.74) is 2.70. The molecule has 0 fully saturated rings. The van der Waals surface area contributed by atoms with Gasteiger partial charge in [-0.05, 0) is 49.9 Å². The molecule has 0 bridgehead atoms. The van der Waals surface area contributed by atoms with Crippen molar-refractivity contribution >= 4 is 17.5 Å². The number of anilines is 2. The lowest BCUT2D eigenvalue weighted by atomic mass is 10.2. The van der Waals surface area contributed by atoms with Crippen molar-refractivity contribution in [3.05, 3.63) is 54.2 Å². The van der Waals surface area contributed by atoms with Crippen LogP contribution in [0.1, 0.15) is 25.3 Å². The molecule has 0 saturated carbocycles. The molecule has 2 heterocycles. The molecule has 1 aliphatic rings. The first kappa shape index (κ1) is 17.3. The van der Waals surface area contributed by atoms with Crippen molar-refractivity contribution in [3.63, 3.8) is 0 Å². The fourth-order valence-corrected chi connectivity index (χ4v) is 3.06. The van der Waals surface area contributed by atoms with E-state index in [0.717, 1.165) is 57.2 Å². The average Bonchev–Trinajstić information content (AvgIpc) is 3.08. The Bertz CT molecular complexity index is 683. The molecular weight excluding hydrogens is 310 g/mol. The van der Waals surface area contributed by atoms with Gasteiger partial charge >= 0.3 is 0 Å². The number of pyridine rings is 1. The number of hydrogen-bond donors (Lipinski definition) is 2. The van der Waals surface area contributed by atoms with E-state index < -0.39 is 0 Å². The number of hydrogen-bond acceptors (Lipinski definition) is 3. The number of unbranched alkanes of at least 4 members (excludes halogenated alkanes) is 1. The number of aromatic nitrogens is 1. The number of nitrogens with one attached hydrogen (secondary N) is 2. The number of guanidine groups is 1. The van der Waals surface area contributed by atoms with Crippen molar-refractivity contribution in [2.45, 2.75) is 26.2 Å². The summed E-state index contributed by atoms with van der Waals surface area (Å²) >= 11 is 0. The summed E-state index contributed by atoms with van der Waals surface area (Å²) in [4.78, 5) is 11.4. The second-order valence-corrected chi connectivity index (χ2v) is 6.11. The van der Waals surface area contributed by atoms with Gasteiger partial charge in [0.15, 0.2) is 5.96 Å². The largest absolute Gasteiger partial charge is 0.370 e. The topological polar surface area (TPSA) is 52.6 Å². The van der Waals surface area contributed by atoms with Crippen LogP contribution < -0.4 is 15.5 Å². The SMILES string of the molecule is CCNC(=NCCCCNc1ccccn1)N1CCc2ccccc21. The van der Waals surface area contributed by atoms with Gasteiger partial charge in [-0.25, -0.2) is 4.98 Å². The average molecular weight is 337 g/mol. The highest BCUT2D eigenvalue weighted by molar-refractivity contribution is 5.97. The molecule has 25 heavy (non-hydrogen) atoms. The lowest BCUT2D eigenvalue weighted by Crippen LogP contribution is -2.40. The molecule has 0 radical (unpaired) electrons. The van der Waals surface area contributed by atoms with Gasteiger partial charge in [0.2, 0.25) is 0 Å². The molecule has 5 nitrogen and oxygen atoms in total. The van der Waals surface area contributed by atoms with Crippen molar-refractivity contribution in [1.29, 1.82) is 0 Å². The smallest absolute Gasteiger partial charge is 0.198 e. The summed E-state index contributed by atoms with van der Waals surface area (Å²) in [7, 11) is 0. The lowest BCUT2D eigenvalue weighted by molar-refractivity contribution is 0.763. The highest BCUT2D eigenvalue weighted by Gasteiger charge is 2.22. The summed E-state index contributed by atoms with van der Waals surface area (Å²) in [6.45, 7) is 5.78. The fourth-order valence-electron chi connectivity index (χ4n) is 3.06. The summed E-state index contributed by atoms with van der Waals surface area (Å²) in [5, 5.41) is 6.77. The standard InChI is InChI=1S/C20H27N5/c1-2-21-20(25-16-12-17-9-3-4-10-18(17)25)24-15-8-7-14-23-19-11-5-6-13-22-19/h3-6,9-11,13H,2,7-8,12,14-16H2,1H3,(H,21,24)(H,22,23). The molecule has 0 unspecified atom stereocenters. The predicted octanol–water partition coefficient (Wildman–Crippen LogP) is 3.30. The van der Waals surface area contributed by atoms with Crippen LogP contribution in [0.25, 0.3) is 0 Å². The van der Waals surface area contributed by atoms with Crippen LogP contribution in [0.4, 0.5) is 11.5 Å². The normalized spacial score (nSPS) is 13.6. The monoisotopic (exact) mass is 337 g/mol. The van der Waals surface area contributed by atoms with Crippen LogP contribution in [0.3, 0.4) is 0 Å². The summed E-state index contributed by atoms with van der Waals surface area (Å²) in [6, 6.07) is 14.5. The molecule has 3 rings (SSSR count). The van der Waals surface area contributed by atoms with E-state index in [1.54, 1.807) is 0 Å². The second-order valence-electron chi connectivity index (χ2n) is 6.11. The quantitative estimate of drug-likeness (QED) is 0.462. The molecule has 1 aliphatic heterocycles. The molecule has 132 valence electrons. The van der Waals surface area contributed by atoms with Gasteiger partial charge in [-0.1, -0.05) is 24.3 Å². The Hall–Kier alpha value is -2.56. The summed E-state index contributed by atoms with van der Waals surface area (Å²) in [6.07, 6.45) is 5.04. The van der Waals surface area contributed by atoms with Crippen LogP contribution in [-0.2, 0) is 6.42 Å². The van der Waals surface area contributed by atoms with E-state index in [2.05, 4.69) is 51.7 Å². The van der Waals surface area contributed by atoms with Crippen LogP contribution in [0.5, 0.6) is 0 Å². The van der Waals surface area contributed by atoms with Crippen LogP contribution in [0, 0.1) is 0 Å². The Morgan fingerprint density at radius 1 is 1.16 bits per heavy atom. The van der Waals surface area contributed by atoms with E-state index >= 15 is 0 Å². The lowest BCUT2D eigenvalue weighted by Gasteiger charge is -2.22. The molecule has 2 N–H and O–H groups in total. The summed E-state index contributed by atoms with van der Waals surface area (Å²) < 4.78 is 0. The van der Waals surface area contributed by atoms with Crippen molar-refractivity contribution in [2.24, 2.45) is 4.99 Å². The number of rotatable bonds is 7. The molecule has 0 saturated heterocycles. The molecule has 5 heteroatoms. The van der Waals surface area contributed by atoms with E-state index in [9.17, 15) is 0 Å². The van der Waals surface area contributed by atoms with Gasteiger partial charge in [0, 0.05) is 38.1 Å². The highest BCUT2D eigenvalue weighted by Crippen LogP contribution is 2.27. The fraction of sp³-hybridized carbons (Fsp3) is 0.400. The number of fused-ring (bicyclic) bond motifs is 1. The van der Waals surface area contributed by atoms with Gasteiger partial charge in [-0.15, -0.1) is 0 Å². The zero-order chi connectivity index (χ0) is 17.3. The van der Waals surface area contributed by atoms with E-state index in [-0.39, 0.29) is 0 Å². The maximum Gasteiger partial charge on any atom is 0.198 e. The van der Waals surface area contributed by atoms with Crippen LogP contribution >= 0.6 is 0 Å². The first-order chi connectivity index (χ1) is 12.4. The van der Waals surface area contributed by atoms with Gasteiger partial charge in [-0.2, -0.15) is 0 Å². The van der Waals surface area contributed by atoms with E-state index in [1.807, 2.05) is 24.4 Å². The first-order valence-electron chi connectivity index (χ1n) is 9.17. The number of nitrogens with zero attached hydrogens (tertiary/aromatic N) is 3. The van der Waals surface area contributed by atoms with Gasteiger partial charge in [-0.3, -0.25) is 4.99 Å². The minimum Gasteiger partial charge on any atom is -0.370 e. The van der Waals surface area contributed by atoms with Crippen molar-refractivity contribution in [1.82, 2.24) is 10.3 Å². The molecule has 0 amide bonds. The minimum atomic E-state index is 0.838. The van der Waals surface area contributed by atoms with E-state index in [4.69, 9.17) is 4.99 Å². The number of aliphatic imine (C=N–C) groups is 1. The second kappa shape index (κ2) is 9.06. The maximum absolute atomic E-state index is 4.83. The van der Waals surface area contributed by atoms with E-state index in [0.29, 0.717) is 0 Å². The summed E-state index contributed by atoms with van der Waals surface area (Å²) in [5.74, 6) is 1.94. The van der Waals surface area contributed by atoms with Gasteiger partial charge in [0.1, 0.15) is 5.82 Å². The maximum atomic E-state index is 4.83. The van der Waals surface area contributed by atoms with Gasteiger partial charge in [0.25, 0.3) is 0 Å². The molecule has 0 atom stereocenters. The molecule has 2 aromatic rings. The van der Waals surface area contributed by atoms with Crippen molar-refractivity contribution in [3.8, 4) is 0 Å². The van der Waals surface area contributed by atoms with E-state index in [1.165, 1.54) is 11.3 Å². The Morgan fingerprint density at radius 3 is 2.88 bits per heavy atom. The number of para-hydroxylation sites is 1.